The maximum absolute atomic E-state index is 13.6. The van der Waals surface area contributed by atoms with Crippen molar-refractivity contribution in [3.8, 4) is 17.2 Å². The molecule has 39 heavy (non-hydrogen) atoms. The van der Waals surface area contributed by atoms with E-state index in [1.807, 2.05) is 24.3 Å². The van der Waals surface area contributed by atoms with Crippen LogP contribution in [0.2, 0.25) is 0 Å². The fourth-order valence-electron chi connectivity index (χ4n) is 5.06. The SMILES string of the molecule is CCOC(=O)c1c(NC(=O)c2sc3nc(N)c(C#N)c(-c4ccc(CC)cc4)c3c2N)sc2c1CCCCC2. The molecule has 1 aliphatic carbocycles. The molecule has 8 nitrogen and oxygen atoms in total. The summed E-state index contributed by atoms with van der Waals surface area (Å²) in [7, 11) is 0. The smallest absolute Gasteiger partial charge is 0.341 e. The van der Waals surface area contributed by atoms with Gasteiger partial charge in [0, 0.05) is 15.8 Å². The molecular weight excluding hydrogens is 530 g/mol. The van der Waals surface area contributed by atoms with Crippen LogP contribution in [0.1, 0.15) is 74.7 Å². The summed E-state index contributed by atoms with van der Waals surface area (Å²) < 4.78 is 5.35. The van der Waals surface area contributed by atoms with E-state index in [4.69, 9.17) is 16.2 Å². The number of hydrogen-bond donors (Lipinski definition) is 3. The van der Waals surface area contributed by atoms with Crippen molar-refractivity contribution in [3.63, 3.8) is 0 Å². The molecule has 0 saturated heterocycles. The summed E-state index contributed by atoms with van der Waals surface area (Å²) in [6.45, 7) is 4.08. The number of pyridine rings is 1. The Morgan fingerprint density at radius 1 is 1.10 bits per heavy atom. The minimum atomic E-state index is -0.443. The second-order valence-electron chi connectivity index (χ2n) is 9.38. The Hall–Kier alpha value is -3.94. The van der Waals surface area contributed by atoms with Gasteiger partial charge in [0.1, 0.15) is 32.2 Å². The second kappa shape index (κ2) is 11.0. The average molecular weight is 560 g/mol. The fourth-order valence-corrected chi connectivity index (χ4v) is 7.34. The van der Waals surface area contributed by atoms with Crippen LogP contribution in [0.25, 0.3) is 21.3 Å². The van der Waals surface area contributed by atoms with Gasteiger partial charge in [0.25, 0.3) is 5.91 Å². The first-order valence-electron chi connectivity index (χ1n) is 13.0. The average Bonchev–Trinajstić information content (AvgIpc) is 3.34. The predicted octanol–water partition coefficient (Wildman–Crippen LogP) is 6.32. The number of aryl methyl sites for hydroxylation is 2. The monoisotopic (exact) mass is 559 g/mol. The summed E-state index contributed by atoms with van der Waals surface area (Å²) in [6, 6.07) is 10.0. The van der Waals surface area contributed by atoms with Gasteiger partial charge in [0.15, 0.2) is 0 Å². The molecule has 10 heteroatoms. The number of aromatic nitrogens is 1. The van der Waals surface area contributed by atoms with Crippen LogP contribution >= 0.6 is 22.7 Å². The molecule has 0 bridgehead atoms. The highest BCUT2D eigenvalue weighted by molar-refractivity contribution is 7.21. The summed E-state index contributed by atoms with van der Waals surface area (Å²) in [4.78, 5) is 32.8. The Morgan fingerprint density at radius 2 is 1.85 bits per heavy atom. The zero-order valence-corrected chi connectivity index (χ0v) is 23.5. The number of nitrogen functional groups attached to an aromatic ring is 2. The number of carbonyl (C=O) groups excluding carboxylic acids is 2. The third-order valence-electron chi connectivity index (χ3n) is 7.00. The molecular formula is C29H29N5O3S2. The minimum Gasteiger partial charge on any atom is -0.462 e. The van der Waals surface area contributed by atoms with Crippen LogP contribution in [-0.2, 0) is 24.0 Å². The van der Waals surface area contributed by atoms with Crippen LogP contribution in [-0.4, -0.2) is 23.5 Å². The Morgan fingerprint density at radius 3 is 2.54 bits per heavy atom. The van der Waals surface area contributed by atoms with E-state index in [1.54, 1.807) is 6.92 Å². The normalized spacial score (nSPS) is 12.9. The highest BCUT2D eigenvalue weighted by Crippen LogP contribution is 2.44. The zero-order valence-electron chi connectivity index (χ0n) is 21.8. The van der Waals surface area contributed by atoms with Gasteiger partial charge in [-0.25, -0.2) is 9.78 Å². The minimum absolute atomic E-state index is 0.0828. The molecule has 200 valence electrons. The maximum atomic E-state index is 13.6. The van der Waals surface area contributed by atoms with Gasteiger partial charge in [-0.05, 0) is 55.7 Å². The summed E-state index contributed by atoms with van der Waals surface area (Å²) in [5.41, 5.74) is 17.1. The van der Waals surface area contributed by atoms with Crippen molar-refractivity contribution in [2.45, 2.75) is 52.4 Å². The highest BCUT2D eigenvalue weighted by Gasteiger charge is 2.29. The molecule has 5 rings (SSSR count). The lowest BCUT2D eigenvalue weighted by Crippen LogP contribution is -2.15. The summed E-state index contributed by atoms with van der Waals surface area (Å²) >= 11 is 2.54. The quantitative estimate of drug-likeness (QED) is 0.185. The van der Waals surface area contributed by atoms with Crippen LogP contribution in [0.5, 0.6) is 0 Å². The van der Waals surface area contributed by atoms with Crippen molar-refractivity contribution in [2.75, 3.05) is 23.4 Å². The van der Waals surface area contributed by atoms with Gasteiger partial charge in [-0.2, -0.15) is 5.26 Å². The molecule has 1 aromatic carbocycles. The lowest BCUT2D eigenvalue weighted by molar-refractivity contribution is 0.0527. The Kier molecular flexibility index (Phi) is 7.55. The van der Waals surface area contributed by atoms with E-state index in [0.717, 1.165) is 71.4 Å². The summed E-state index contributed by atoms with van der Waals surface area (Å²) in [5, 5.41) is 13.9. The van der Waals surface area contributed by atoms with Gasteiger partial charge in [-0.3, -0.25) is 4.79 Å². The van der Waals surface area contributed by atoms with Crippen molar-refractivity contribution in [1.29, 1.82) is 5.26 Å². The van der Waals surface area contributed by atoms with Crippen LogP contribution < -0.4 is 16.8 Å². The van der Waals surface area contributed by atoms with Crippen molar-refractivity contribution in [3.05, 3.63) is 56.3 Å². The first-order valence-corrected chi connectivity index (χ1v) is 14.6. The molecule has 0 radical (unpaired) electrons. The number of nitrogens with one attached hydrogen (secondary N) is 1. The number of thiophene rings is 2. The third-order valence-corrected chi connectivity index (χ3v) is 9.31. The number of anilines is 3. The number of hydrogen-bond acceptors (Lipinski definition) is 9. The second-order valence-corrected chi connectivity index (χ2v) is 11.5. The molecule has 0 atom stereocenters. The molecule has 5 N–H and O–H groups in total. The predicted molar refractivity (Wildman–Crippen MR) is 157 cm³/mol. The standard InChI is InChI=1S/C29H29N5O3S2/c1-3-15-10-12-16(13-11-15)20-18(14-30)25(32)33-28-22(20)23(31)24(39-28)26(35)34-27-21(29(36)37-4-2)17-8-6-5-7-9-19(17)38-27/h10-13H,3-9,31H2,1-2H3,(H2,32,33)(H,34,35). The highest BCUT2D eigenvalue weighted by atomic mass is 32.1. The summed E-state index contributed by atoms with van der Waals surface area (Å²) in [6.07, 6.45) is 5.67. The Bertz CT molecular complexity index is 1630. The first-order chi connectivity index (χ1) is 18.9. The lowest BCUT2D eigenvalue weighted by Gasteiger charge is -2.10. The van der Waals surface area contributed by atoms with Crippen molar-refractivity contribution >= 4 is 61.3 Å². The molecule has 0 fully saturated rings. The largest absolute Gasteiger partial charge is 0.462 e. The third kappa shape index (κ3) is 4.84. The number of carbonyl (C=O) groups is 2. The number of nitriles is 1. The Balaban J connectivity index is 1.60. The van der Waals surface area contributed by atoms with Crippen LogP contribution in [0.3, 0.4) is 0 Å². The molecule has 1 aliphatic rings. The van der Waals surface area contributed by atoms with Gasteiger partial charge in [0.2, 0.25) is 0 Å². The van der Waals surface area contributed by atoms with Crippen LogP contribution in [0.4, 0.5) is 16.5 Å². The summed E-state index contributed by atoms with van der Waals surface area (Å²) in [5.74, 6) is -0.788. The van der Waals surface area contributed by atoms with E-state index in [2.05, 4.69) is 23.3 Å². The maximum Gasteiger partial charge on any atom is 0.341 e. The number of amides is 1. The molecule has 0 saturated carbocycles. The molecule has 0 aliphatic heterocycles. The van der Waals surface area contributed by atoms with E-state index in [1.165, 1.54) is 11.3 Å². The molecule has 3 heterocycles. The van der Waals surface area contributed by atoms with E-state index >= 15 is 0 Å². The van der Waals surface area contributed by atoms with Gasteiger partial charge in [-0.15, -0.1) is 22.7 Å². The molecule has 0 spiro atoms. The molecule has 3 aromatic heterocycles. The van der Waals surface area contributed by atoms with Gasteiger partial charge >= 0.3 is 5.97 Å². The van der Waals surface area contributed by atoms with Gasteiger partial charge < -0.3 is 21.5 Å². The number of nitrogens with two attached hydrogens (primary N) is 2. The number of benzene rings is 1. The number of rotatable bonds is 6. The number of esters is 1. The number of nitrogens with zero attached hydrogens (tertiary/aromatic N) is 2. The van der Waals surface area contributed by atoms with E-state index in [-0.39, 0.29) is 28.6 Å². The zero-order chi connectivity index (χ0) is 27.7. The van der Waals surface area contributed by atoms with Crippen LogP contribution in [0, 0.1) is 11.3 Å². The number of fused-ring (bicyclic) bond motifs is 2. The molecule has 4 aromatic rings. The van der Waals surface area contributed by atoms with E-state index in [0.29, 0.717) is 26.3 Å². The number of ether oxygens (including phenoxy) is 1. The van der Waals surface area contributed by atoms with Crippen LogP contribution in [0.15, 0.2) is 24.3 Å². The van der Waals surface area contributed by atoms with Crippen molar-refractivity contribution in [2.24, 2.45) is 0 Å². The van der Waals surface area contributed by atoms with Crippen molar-refractivity contribution in [1.82, 2.24) is 4.98 Å². The van der Waals surface area contributed by atoms with E-state index < -0.39 is 11.9 Å². The fraction of sp³-hybridized carbons (Fsp3) is 0.310. The van der Waals surface area contributed by atoms with Crippen molar-refractivity contribution < 1.29 is 14.3 Å². The van der Waals surface area contributed by atoms with Gasteiger partial charge in [0.05, 0.1) is 17.9 Å². The topological polar surface area (TPSA) is 144 Å². The lowest BCUT2D eigenvalue weighted by atomic mass is 9.96. The first kappa shape index (κ1) is 26.7. The molecule has 0 unspecified atom stereocenters. The van der Waals surface area contributed by atoms with E-state index in [9.17, 15) is 14.9 Å². The Labute approximate surface area is 234 Å². The van der Waals surface area contributed by atoms with Gasteiger partial charge in [-0.1, -0.05) is 37.6 Å². The molecule has 1 amide bonds.